The number of unbranched alkanes of at least 4 members (excludes halogenated alkanes) is 10. The highest BCUT2D eigenvalue weighted by atomic mass is 16.5. The van der Waals surface area contributed by atoms with Crippen molar-refractivity contribution in [3.05, 3.63) is 12.2 Å². The molecule has 0 heterocycles. The number of rotatable bonds is 13. The molecule has 0 aromatic carbocycles. The number of carbonyl (C=O) groups excluding carboxylic acids is 1. The van der Waals surface area contributed by atoms with Crippen LogP contribution in [0.25, 0.3) is 0 Å². The van der Waals surface area contributed by atoms with Crippen molar-refractivity contribution in [2.24, 2.45) is 0 Å². The van der Waals surface area contributed by atoms with Crippen LogP contribution < -0.4 is 0 Å². The topological polar surface area (TPSA) is 26.3 Å². The van der Waals surface area contributed by atoms with Crippen molar-refractivity contribution in [2.75, 3.05) is 6.61 Å². The van der Waals surface area contributed by atoms with Crippen molar-refractivity contribution < 1.29 is 9.53 Å². The maximum absolute atomic E-state index is 11.3. The second kappa shape index (κ2) is 17.8. The van der Waals surface area contributed by atoms with Crippen LogP contribution in [0.1, 0.15) is 90.9 Å². The number of hydrogen-bond acceptors (Lipinski definition) is 2. The molecule has 2 heteroatoms. The summed E-state index contributed by atoms with van der Waals surface area (Å²) in [6.45, 7) is 4.60. The minimum atomic E-state index is -0.280. The average Bonchev–Trinajstić information content (AvgIpc) is 2.52. The molecule has 0 radical (unpaired) electrons. The van der Waals surface area contributed by atoms with E-state index in [1.807, 2.05) is 6.08 Å². The molecule has 0 aromatic rings. The van der Waals surface area contributed by atoms with Crippen LogP contribution >= 0.6 is 0 Å². The van der Waals surface area contributed by atoms with Gasteiger partial charge in [0, 0.05) is 12.5 Å². The molecule has 0 aromatic heterocycles. The molecule has 0 saturated heterocycles. The van der Waals surface area contributed by atoms with E-state index in [9.17, 15) is 4.79 Å². The Morgan fingerprint density at radius 1 is 0.864 bits per heavy atom. The summed E-state index contributed by atoms with van der Waals surface area (Å²) in [4.78, 5) is 11.3. The molecule has 2 nitrogen and oxygen atoms in total. The van der Waals surface area contributed by atoms with Gasteiger partial charge in [0.05, 0.1) is 0 Å². The summed E-state index contributed by atoms with van der Waals surface area (Å²) in [5.41, 5.74) is 0. The van der Waals surface area contributed by atoms with Gasteiger partial charge in [0.15, 0.2) is 6.61 Å². The first-order valence-electron chi connectivity index (χ1n) is 9.10. The maximum Gasteiger partial charge on any atom is 0.331 e. The Morgan fingerprint density at radius 3 is 2.18 bits per heavy atom. The van der Waals surface area contributed by atoms with Crippen molar-refractivity contribution in [3.63, 3.8) is 0 Å². The molecule has 0 spiro atoms. The fourth-order valence-corrected chi connectivity index (χ4v) is 2.14. The van der Waals surface area contributed by atoms with E-state index in [0.717, 1.165) is 32.1 Å². The smallest absolute Gasteiger partial charge is 0.331 e. The van der Waals surface area contributed by atoms with E-state index in [1.165, 1.54) is 51.0 Å². The highest BCUT2D eigenvalue weighted by Crippen LogP contribution is 2.09. The standard InChI is InChI=1S/C20H34O2/c1-3-5-7-9-10-11-12-13-14-15-17-19-22-20(21)18-16-8-6-4-2/h16,18H,3-14,19H2,1-2H3/b18-16+. The normalized spacial score (nSPS) is 10.5. The SMILES string of the molecule is CCCC/C=C/C(=O)OCC#CCCCCCCCCCC. The van der Waals surface area contributed by atoms with Gasteiger partial charge in [-0.2, -0.15) is 0 Å². The zero-order valence-electron chi connectivity index (χ0n) is 14.7. The van der Waals surface area contributed by atoms with Gasteiger partial charge in [0.1, 0.15) is 0 Å². The number of hydrogen-bond donors (Lipinski definition) is 0. The van der Waals surface area contributed by atoms with Gasteiger partial charge in [-0.15, -0.1) is 0 Å². The zero-order chi connectivity index (χ0) is 16.3. The second-order valence-electron chi connectivity index (χ2n) is 5.73. The predicted molar refractivity (Wildman–Crippen MR) is 94.6 cm³/mol. The van der Waals surface area contributed by atoms with Gasteiger partial charge in [-0.1, -0.05) is 89.6 Å². The molecule has 0 bridgehead atoms. The van der Waals surface area contributed by atoms with Crippen LogP contribution in [0.3, 0.4) is 0 Å². The lowest BCUT2D eigenvalue weighted by Crippen LogP contribution is -2.00. The fraction of sp³-hybridized carbons (Fsp3) is 0.750. The lowest BCUT2D eigenvalue weighted by molar-refractivity contribution is -0.136. The molecule has 0 aliphatic heterocycles. The maximum atomic E-state index is 11.3. The van der Waals surface area contributed by atoms with Crippen LogP contribution in [0, 0.1) is 11.8 Å². The fourth-order valence-electron chi connectivity index (χ4n) is 2.14. The molecule has 0 aliphatic carbocycles. The summed E-state index contributed by atoms with van der Waals surface area (Å²) in [7, 11) is 0. The summed E-state index contributed by atoms with van der Waals surface area (Å²) < 4.78 is 5.01. The predicted octanol–water partition coefficient (Wildman–Crippen LogP) is 5.81. The molecule has 126 valence electrons. The number of carbonyl (C=O) groups is 1. The summed E-state index contributed by atoms with van der Waals surface area (Å²) in [6.07, 6.45) is 18.0. The molecular formula is C20H34O2. The Morgan fingerprint density at radius 2 is 1.50 bits per heavy atom. The monoisotopic (exact) mass is 306 g/mol. The van der Waals surface area contributed by atoms with Crippen molar-refractivity contribution in [3.8, 4) is 11.8 Å². The lowest BCUT2D eigenvalue weighted by Gasteiger charge is -1.99. The number of ether oxygens (including phenoxy) is 1. The molecular weight excluding hydrogens is 272 g/mol. The molecule has 0 amide bonds. The van der Waals surface area contributed by atoms with E-state index in [2.05, 4.69) is 25.7 Å². The Hall–Kier alpha value is -1.23. The molecule has 0 aliphatic rings. The summed E-state index contributed by atoms with van der Waals surface area (Å²) >= 11 is 0. The van der Waals surface area contributed by atoms with Crippen LogP contribution in [0.15, 0.2) is 12.2 Å². The Balaban J connectivity index is 3.34. The molecule has 0 rings (SSSR count). The number of esters is 1. The van der Waals surface area contributed by atoms with E-state index in [4.69, 9.17) is 4.74 Å². The molecule has 0 unspecified atom stereocenters. The third-order valence-corrected chi connectivity index (χ3v) is 3.55. The molecule has 22 heavy (non-hydrogen) atoms. The van der Waals surface area contributed by atoms with Crippen molar-refractivity contribution in [1.82, 2.24) is 0 Å². The first kappa shape index (κ1) is 20.8. The number of allylic oxidation sites excluding steroid dienone is 1. The van der Waals surface area contributed by atoms with E-state index in [-0.39, 0.29) is 12.6 Å². The summed E-state index contributed by atoms with van der Waals surface area (Å²) in [5, 5.41) is 0. The van der Waals surface area contributed by atoms with Gasteiger partial charge in [0.2, 0.25) is 0 Å². The van der Waals surface area contributed by atoms with Gasteiger partial charge in [-0.05, 0) is 12.8 Å². The molecule has 0 atom stereocenters. The van der Waals surface area contributed by atoms with Crippen LogP contribution in [-0.2, 0) is 9.53 Å². The first-order valence-corrected chi connectivity index (χ1v) is 9.10. The lowest BCUT2D eigenvalue weighted by atomic mass is 10.1. The van der Waals surface area contributed by atoms with Crippen LogP contribution in [0.5, 0.6) is 0 Å². The Labute approximate surface area is 137 Å². The van der Waals surface area contributed by atoms with Crippen LogP contribution in [-0.4, -0.2) is 12.6 Å². The van der Waals surface area contributed by atoms with Crippen molar-refractivity contribution >= 4 is 5.97 Å². The van der Waals surface area contributed by atoms with E-state index in [0.29, 0.717) is 0 Å². The van der Waals surface area contributed by atoms with Crippen LogP contribution in [0.4, 0.5) is 0 Å². The van der Waals surface area contributed by atoms with Gasteiger partial charge >= 0.3 is 5.97 Å². The highest BCUT2D eigenvalue weighted by molar-refractivity contribution is 5.81. The van der Waals surface area contributed by atoms with Gasteiger partial charge < -0.3 is 4.74 Å². The van der Waals surface area contributed by atoms with E-state index >= 15 is 0 Å². The molecule has 0 N–H and O–H groups in total. The molecule has 0 saturated carbocycles. The van der Waals surface area contributed by atoms with E-state index in [1.54, 1.807) is 0 Å². The quantitative estimate of drug-likeness (QED) is 0.186. The largest absolute Gasteiger partial charge is 0.449 e. The van der Waals surface area contributed by atoms with Crippen molar-refractivity contribution in [1.29, 1.82) is 0 Å². The highest BCUT2D eigenvalue weighted by Gasteiger charge is 1.93. The first-order chi connectivity index (χ1) is 10.8. The van der Waals surface area contributed by atoms with Crippen LogP contribution in [0.2, 0.25) is 0 Å². The van der Waals surface area contributed by atoms with E-state index < -0.39 is 0 Å². The zero-order valence-corrected chi connectivity index (χ0v) is 14.7. The minimum absolute atomic E-state index is 0.216. The van der Waals surface area contributed by atoms with Gasteiger partial charge in [0.25, 0.3) is 0 Å². The summed E-state index contributed by atoms with van der Waals surface area (Å²) in [6, 6.07) is 0. The van der Waals surface area contributed by atoms with Gasteiger partial charge in [-0.25, -0.2) is 4.79 Å². The summed E-state index contributed by atoms with van der Waals surface area (Å²) in [5.74, 6) is 5.71. The Kier molecular flexibility index (Phi) is 16.8. The second-order valence-corrected chi connectivity index (χ2v) is 5.73. The minimum Gasteiger partial charge on any atom is -0.449 e. The molecule has 0 fully saturated rings. The van der Waals surface area contributed by atoms with Crippen molar-refractivity contribution in [2.45, 2.75) is 90.9 Å². The van der Waals surface area contributed by atoms with Gasteiger partial charge in [-0.3, -0.25) is 0 Å². The third kappa shape index (κ3) is 16.8. The Bertz CT molecular complexity index is 333. The third-order valence-electron chi connectivity index (χ3n) is 3.55. The average molecular weight is 306 g/mol.